The predicted octanol–water partition coefficient (Wildman–Crippen LogP) is -3.02. The van der Waals surface area contributed by atoms with E-state index in [1.54, 1.807) is 30.3 Å². The number of carboxylic acid groups (broad SMARTS) is 1. The van der Waals surface area contributed by atoms with Gasteiger partial charge in [0.1, 0.15) is 24.7 Å². The summed E-state index contributed by atoms with van der Waals surface area (Å²) in [6.45, 7) is 0.587. The van der Waals surface area contributed by atoms with Crippen LogP contribution >= 0.6 is 0 Å². The molecule has 0 saturated heterocycles. The fourth-order valence-corrected chi connectivity index (χ4v) is 2.51. The first-order valence-electron chi connectivity index (χ1n) is 9.37. The highest BCUT2D eigenvalue weighted by Gasteiger charge is 2.30. The van der Waals surface area contributed by atoms with Gasteiger partial charge in [0, 0.05) is 6.42 Å². The van der Waals surface area contributed by atoms with Crippen LogP contribution in [-0.2, 0) is 30.4 Å². The number of carbonyl (C=O) groups excluding carboxylic acids is 4. The quantitative estimate of drug-likeness (QED) is 0.178. The Labute approximate surface area is 178 Å². The predicted molar refractivity (Wildman–Crippen MR) is 108 cm³/mol. The first-order chi connectivity index (χ1) is 14.5. The summed E-state index contributed by atoms with van der Waals surface area (Å²) in [5, 5.41) is 25.0. The average Bonchev–Trinajstić information content (AvgIpc) is 2.70. The highest BCUT2D eigenvalue weighted by atomic mass is 16.4. The monoisotopic (exact) mass is 437 g/mol. The van der Waals surface area contributed by atoms with Crippen LogP contribution in [0.3, 0.4) is 0 Å². The lowest BCUT2D eigenvalue weighted by molar-refractivity contribution is -0.139. The number of carbonyl (C=O) groups is 5. The Morgan fingerprint density at radius 1 is 0.968 bits per heavy atom. The normalized spacial score (nSPS) is 14.4. The Morgan fingerprint density at radius 2 is 1.55 bits per heavy atom. The van der Waals surface area contributed by atoms with Crippen LogP contribution in [0.25, 0.3) is 0 Å². The molecule has 0 aliphatic heterocycles. The van der Waals surface area contributed by atoms with E-state index >= 15 is 0 Å². The van der Waals surface area contributed by atoms with E-state index in [1.807, 2.05) is 0 Å². The molecule has 0 heterocycles. The van der Waals surface area contributed by atoms with Crippen molar-refractivity contribution in [3.63, 3.8) is 0 Å². The van der Waals surface area contributed by atoms with Crippen LogP contribution in [0.15, 0.2) is 30.3 Å². The standard InChI is InChI=1S/C19H27N5O7/c1-10(25)16(21)19(31)24-12(7-11-5-3-2-4-6-11)18(30)23-13(8-14(20)26)17(29)22-9-15(27)28/h2-6,10,12-13,16,25H,7-9,21H2,1H3,(H2,20,26)(H,22,29)(H,23,30)(H,24,31)(H,27,28). The summed E-state index contributed by atoms with van der Waals surface area (Å²) in [4.78, 5) is 59.2. The van der Waals surface area contributed by atoms with Crippen molar-refractivity contribution in [2.75, 3.05) is 6.54 Å². The summed E-state index contributed by atoms with van der Waals surface area (Å²) in [6.07, 6.45) is -1.74. The van der Waals surface area contributed by atoms with Gasteiger partial charge in [0.2, 0.25) is 23.6 Å². The second-order valence-corrected chi connectivity index (χ2v) is 6.86. The first kappa shape index (κ1) is 25.5. The number of carboxylic acids is 1. The number of hydrogen-bond donors (Lipinski definition) is 7. The largest absolute Gasteiger partial charge is 0.480 e. The number of aliphatic hydroxyl groups excluding tert-OH is 1. The Kier molecular flexibility index (Phi) is 10.1. The molecule has 0 saturated carbocycles. The third-order valence-corrected chi connectivity index (χ3v) is 4.19. The molecule has 170 valence electrons. The van der Waals surface area contributed by atoms with Gasteiger partial charge in [-0.3, -0.25) is 24.0 Å². The third-order valence-electron chi connectivity index (χ3n) is 4.19. The molecule has 1 rings (SSSR count). The second-order valence-electron chi connectivity index (χ2n) is 6.86. The van der Waals surface area contributed by atoms with Gasteiger partial charge in [-0.1, -0.05) is 30.3 Å². The van der Waals surface area contributed by atoms with Crippen LogP contribution in [0.1, 0.15) is 18.9 Å². The van der Waals surface area contributed by atoms with Gasteiger partial charge < -0.3 is 37.6 Å². The first-order valence-corrected chi connectivity index (χ1v) is 9.37. The summed E-state index contributed by atoms with van der Waals surface area (Å²) in [6, 6.07) is 4.67. The van der Waals surface area contributed by atoms with Gasteiger partial charge >= 0.3 is 5.97 Å². The van der Waals surface area contributed by atoms with Crippen LogP contribution in [0, 0.1) is 0 Å². The van der Waals surface area contributed by atoms with Gasteiger partial charge in [-0.2, -0.15) is 0 Å². The summed E-state index contributed by atoms with van der Waals surface area (Å²) in [7, 11) is 0. The number of benzene rings is 1. The van der Waals surface area contributed by atoms with Crippen molar-refractivity contribution < 1.29 is 34.2 Å². The molecule has 0 fully saturated rings. The van der Waals surface area contributed by atoms with Crippen LogP contribution in [-0.4, -0.2) is 70.6 Å². The van der Waals surface area contributed by atoms with E-state index in [1.165, 1.54) is 6.92 Å². The summed E-state index contributed by atoms with van der Waals surface area (Å²) in [5.41, 5.74) is 11.4. The van der Waals surface area contributed by atoms with Gasteiger partial charge in [-0.25, -0.2) is 0 Å². The molecule has 31 heavy (non-hydrogen) atoms. The Bertz CT molecular complexity index is 800. The molecule has 4 unspecified atom stereocenters. The molecule has 0 aliphatic rings. The smallest absolute Gasteiger partial charge is 0.322 e. The minimum Gasteiger partial charge on any atom is -0.480 e. The van der Waals surface area contributed by atoms with Crippen molar-refractivity contribution in [3.8, 4) is 0 Å². The van der Waals surface area contributed by atoms with Crippen molar-refractivity contribution >= 4 is 29.6 Å². The summed E-state index contributed by atoms with van der Waals surface area (Å²) < 4.78 is 0. The maximum Gasteiger partial charge on any atom is 0.322 e. The second kappa shape index (κ2) is 12.2. The van der Waals surface area contributed by atoms with Crippen molar-refractivity contribution in [1.82, 2.24) is 16.0 Å². The van der Waals surface area contributed by atoms with Crippen molar-refractivity contribution in [2.24, 2.45) is 11.5 Å². The van der Waals surface area contributed by atoms with Gasteiger partial charge in [0.05, 0.1) is 12.5 Å². The highest BCUT2D eigenvalue weighted by Crippen LogP contribution is 2.05. The number of primary amides is 1. The maximum atomic E-state index is 12.8. The Hall–Kier alpha value is -3.51. The van der Waals surface area contributed by atoms with E-state index in [0.29, 0.717) is 5.56 Å². The minimum atomic E-state index is -1.45. The van der Waals surface area contributed by atoms with Gasteiger partial charge in [-0.15, -0.1) is 0 Å². The van der Waals surface area contributed by atoms with E-state index in [4.69, 9.17) is 16.6 Å². The van der Waals surface area contributed by atoms with Crippen LogP contribution < -0.4 is 27.4 Å². The Balaban J connectivity index is 3.02. The Morgan fingerprint density at radius 3 is 2.06 bits per heavy atom. The highest BCUT2D eigenvalue weighted by molar-refractivity contribution is 5.95. The van der Waals surface area contributed by atoms with Crippen LogP contribution in [0.5, 0.6) is 0 Å². The maximum absolute atomic E-state index is 12.8. The molecule has 1 aromatic carbocycles. The summed E-state index contributed by atoms with van der Waals surface area (Å²) in [5.74, 6) is -4.78. The van der Waals surface area contributed by atoms with E-state index < -0.39 is 66.8 Å². The molecule has 0 aromatic heterocycles. The topological polar surface area (TPSA) is 214 Å². The van der Waals surface area contributed by atoms with Gasteiger partial charge in [0.25, 0.3) is 0 Å². The van der Waals surface area contributed by atoms with Crippen molar-refractivity contribution in [1.29, 1.82) is 0 Å². The van der Waals surface area contributed by atoms with Crippen molar-refractivity contribution in [2.45, 2.75) is 44.0 Å². The van der Waals surface area contributed by atoms with E-state index in [0.717, 1.165) is 0 Å². The summed E-state index contributed by atoms with van der Waals surface area (Å²) >= 11 is 0. The lowest BCUT2D eigenvalue weighted by Gasteiger charge is -2.24. The van der Waals surface area contributed by atoms with Crippen LogP contribution in [0.2, 0.25) is 0 Å². The SMILES string of the molecule is CC(O)C(N)C(=O)NC(Cc1ccccc1)C(=O)NC(CC(N)=O)C(=O)NCC(=O)O. The third kappa shape index (κ3) is 9.23. The zero-order valence-electron chi connectivity index (χ0n) is 16.9. The number of amides is 4. The number of aliphatic hydroxyl groups is 1. The molecule has 0 aliphatic carbocycles. The molecule has 1 aromatic rings. The average molecular weight is 437 g/mol. The lowest BCUT2D eigenvalue weighted by Crippen LogP contribution is -2.58. The van der Waals surface area contributed by atoms with E-state index in [-0.39, 0.29) is 6.42 Å². The molecule has 12 heteroatoms. The molecule has 0 radical (unpaired) electrons. The van der Waals surface area contributed by atoms with E-state index in [2.05, 4.69) is 16.0 Å². The van der Waals surface area contributed by atoms with E-state index in [9.17, 15) is 29.1 Å². The molecule has 12 nitrogen and oxygen atoms in total. The molecule has 4 amide bonds. The number of rotatable bonds is 12. The number of nitrogens with two attached hydrogens (primary N) is 2. The minimum absolute atomic E-state index is 0.0188. The lowest BCUT2D eigenvalue weighted by atomic mass is 10.0. The zero-order chi connectivity index (χ0) is 23.6. The fraction of sp³-hybridized carbons (Fsp3) is 0.421. The molecular formula is C19H27N5O7. The zero-order valence-corrected chi connectivity index (χ0v) is 16.9. The molecule has 4 atom stereocenters. The van der Waals surface area contributed by atoms with Crippen molar-refractivity contribution in [3.05, 3.63) is 35.9 Å². The molecule has 0 spiro atoms. The van der Waals surface area contributed by atoms with Gasteiger partial charge in [0.15, 0.2) is 0 Å². The number of hydrogen-bond acceptors (Lipinski definition) is 7. The molecule has 0 bridgehead atoms. The fourth-order valence-electron chi connectivity index (χ4n) is 2.51. The molecular weight excluding hydrogens is 410 g/mol. The molecule has 9 N–H and O–H groups in total. The number of aliphatic carboxylic acids is 1. The van der Waals surface area contributed by atoms with Gasteiger partial charge in [-0.05, 0) is 12.5 Å². The number of nitrogens with one attached hydrogen (secondary N) is 3. The van der Waals surface area contributed by atoms with Crippen LogP contribution in [0.4, 0.5) is 0 Å².